The van der Waals surface area contributed by atoms with Gasteiger partial charge in [-0.25, -0.2) is 0 Å². The molecule has 1 aromatic heterocycles. The van der Waals surface area contributed by atoms with Gasteiger partial charge in [0.1, 0.15) is 5.75 Å². The maximum Gasteiger partial charge on any atom is 0.266 e. The van der Waals surface area contributed by atoms with Crippen molar-refractivity contribution in [1.82, 2.24) is 10.2 Å². The predicted molar refractivity (Wildman–Crippen MR) is 120 cm³/mol. The molecule has 0 bridgehead atoms. The molecule has 0 unspecified atom stereocenters. The third-order valence-corrected chi connectivity index (χ3v) is 6.35. The molecule has 1 amide bonds. The van der Waals surface area contributed by atoms with Crippen LogP contribution in [0.3, 0.4) is 0 Å². The van der Waals surface area contributed by atoms with Crippen molar-refractivity contribution in [2.45, 2.75) is 49.8 Å². The lowest BCUT2D eigenvalue weighted by atomic mass is 10.0. The molecule has 1 heterocycles. The number of carbonyl (C=O) groups excluding carboxylic acids is 1. The first-order valence-electron chi connectivity index (χ1n) is 9.50. The molecule has 0 aliphatic heterocycles. The van der Waals surface area contributed by atoms with Crippen molar-refractivity contribution in [3.05, 3.63) is 65.2 Å². The maximum absolute atomic E-state index is 12.6. The number of nitrogens with zero attached hydrogens (tertiary/aromatic N) is 2. The zero-order chi connectivity index (χ0) is 20.8. The van der Waals surface area contributed by atoms with Gasteiger partial charge in [-0.15, -0.1) is 10.2 Å². The molecule has 0 saturated heterocycles. The van der Waals surface area contributed by atoms with E-state index in [0.717, 1.165) is 27.0 Å². The van der Waals surface area contributed by atoms with Gasteiger partial charge >= 0.3 is 0 Å². The molecule has 152 valence electrons. The molecule has 2 aromatic carbocycles. The van der Waals surface area contributed by atoms with E-state index in [4.69, 9.17) is 4.74 Å². The first-order chi connectivity index (χ1) is 13.9. The molecule has 3 rings (SSSR count). The summed E-state index contributed by atoms with van der Waals surface area (Å²) in [6.45, 7) is 7.97. The Kier molecular flexibility index (Phi) is 7.28. The van der Waals surface area contributed by atoms with Crippen LogP contribution in [0.15, 0.2) is 52.9 Å². The fourth-order valence-corrected chi connectivity index (χ4v) is 4.42. The van der Waals surface area contributed by atoms with Gasteiger partial charge in [-0.3, -0.25) is 10.1 Å². The number of nitrogens with one attached hydrogen (secondary N) is 1. The van der Waals surface area contributed by atoms with Crippen LogP contribution < -0.4 is 10.1 Å². The quantitative estimate of drug-likeness (QED) is 0.371. The second-order valence-electron chi connectivity index (χ2n) is 7.09. The Balaban J connectivity index is 1.58. The van der Waals surface area contributed by atoms with E-state index >= 15 is 0 Å². The van der Waals surface area contributed by atoms with Crippen LogP contribution in [0.1, 0.15) is 43.4 Å². The molecule has 0 fully saturated rings. The van der Waals surface area contributed by atoms with Gasteiger partial charge in [0.05, 0.1) is 0 Å². The largest absolute Gasteiger partial charge is 0.481 e. The zero-order valence-corrected chi connectivity index (χ0v) is 18.6. The zero-order valence-electron chi connectivity index (χ0n) is 17.0. The normalized spacial score (nSPS) is 12.0. The monoisotopic (exact) mass is 427 g/mol. The molecule has 0 aliphatic carbocycles. The van der Waals surface area contributed by atoms with Crippen LogP contribution >= 0.6 is 23.1 Å². The van der Waals surface area contributed by atoms with E-state index < -0.39 is 6.10 Å². The third-order valence-electron chi connectivity index (χ3n) is 4.31. The number of anilines is 1. The third kappa shape index (κ3) is 6.05. The van der Waals surface area contributed by atoms with Gasteiger partial charge in [0, 0.05) is 5.75 Å². The summed E-state index contributed by atoms with van der Waals surface area (Å²) in [6, 6.07) is 16.3. The summed E-state index contributed by atoms with van der Waals surface area (Å²) < 4.78 is 6.79. The van der Waals surface area contributed by atoms with E-state index in [1.54, 1.807) is 18.7 Å². The van der Waals surface area contributed by atoms with Crippen LogP contribution in [0, 0.1) is 6.92 Å². The van der Waals surface area contributed by atoms with Gasteiger partial charge < -0.3 is 4.74 Å². The van der Waals surface area contributed by atoms with E-state index in [2.05, 4.69) is 53.6 Å². The fourth-order valence-electron chi connectivity index (χ4n) is 2.71. The van der Waals surface area contributed by atoms with Crippen LogP contribution in [0.25, 0.3) is 0 Å². The Labute approximate surface area is 179 Å². The number of thioether (sulfide) groups is 1. The van der Waals surface area contributed by atoms with Crippen molar-refractivity contribution in [3.8, 4) is 5.75 Å². The van der Waals surface area contributed by atoms with E-state index in [9.17, 15) is 4.79 Å². The number of rotatable bonds is 8. The summed E-state index contributed by atoms with van der Waals surface area (Å²) in [5, 5.41) is 11.5. The number of benzene rings is 2. The van der Waals surface area contributed by atoms with Gasteiger partial charge in [0.2, 0.25) is 5.13 Å². The number of ether oxygens (including phenoxy) is 1. The summed E-state index contributed by atoms with van der Waals surface area (Å²) in [5.74, 6) is 1.64. The van der Waals surface area contributed by atoms with Crippen molar-refractivity contribution in [2.75, 3.05) is 5.32 Å². The lowest BCUT2D eigenvalue weighted by Crippen LogP contribution is -2.30. The summed E-state index contributed by atoms with van der Waals surface area (Å²) in [5.41, 5.74) is 3.41. The summed E-state index contributed by atoms with van der Waals surface area (Å²) in [4.78, 5) is 12.6. The lowest BCUT2D eigenvalue weighted by Gasteiger charge is -2.18. The minimum absolute atomic E-state index is 0.239. The standard InChI is InChI=1S/C22H25N3O2S2/c1-14(2)18-11-10-15(3)12-19(18)27-16(4)20(26)23-21-24-25-22(29-21)28-13-17-8-6-5-7-9-17/h5-12,14,16H,13H2,1-4H3,(H,23,24,26)/t16-/m1/s1. The first kappa shape index (κ1) is 21.3. The van der Waals surface area contributed by atoms with Gasteiger partial charge in [-0.05, 0) is 42.5 Å². The minimum atomic E-state index is -0.640. The molecule has 0 saturated carbocycles. The average molecular weight is 428 g/mol. The van der Waals surface area contributed by atoms with Crippen molar-refractivity contribution in [2.24, 2.45) is 0 Å². The smallest absolute Gasteiger partial charge is 0.266 e. The second kappa shape index (κ2) is 9.89. The molecule has 1 atom stereocenters. The molecule has 3 aromatic rings. The van der Waals surface area contributed by atoms with Gasteiger partial charge in [0.25, 0.3) is 5.91 Å². The van der Waals surface area contributed by atoms with Gasteiger partial charge in [-0.1, -0.05) is 79.4 Å². The minimum Gasteiger partial charge on any atom is -0.481 e. The Hall–Kier alpha value is -2.38. The number of aryl methyl sites for hydroxylation is 1. The average Bonchev–Trinajstić information content (AvgIpc) is 3.14. The van der Waals surface area contributed by atoms with Crippen molar-refractivity contribution >= 4 is 34.1 Å². The van der Waals surface area contributed by atoms with E-state index in [1.807, 2.05) is 31.2 Å². The highest BCUT2D eigenvalue weighted by Gasteiger charge is 2.19. The highest BCUT2D eigenvalue weighted by atomic mass is 32.2. The molecule has 7 heteroatoms. The first-order valence-corrected chi connectivity index (χ1v) is 11.3. The summed E-state index contributed by atoms with van der Waals surface area (Å²) in [7, 11) is 0. The van der Waals surface area contributed by atoms with E-state index in [0.29, 0.717) is 11.0 Å². The van der Waals surface area contributed by atoms with E-state index in [-0.39, 0.29) is 5.91 Å². The van der Waals surface area contributed by atoms with Crippen LogP contribution in [0.2, 0.25) is 0 Å². The molecular formula is C22H25N3O2S2. The summed E-state index contributed by atoms with van der Waals surface area (Å²) >= 11 is 2.97. The molecule has 29 heavy (non-hydrogen) atoms. The number of carbonyl (C=O) groups is 1. The summed E-state index contributed by atoms with van der Waals surface area (Å²) in [6.07, 6.45) is -0.640. The van der Waals surface area contributed by atoms with Crippen LogP contribution in [0.5, 0.6) is 5.75 Å². The molecule has 0 spiro atoms. The van der Waals surface area contributed by atoms with E-state index in [1.165, 1.54) is 16.9 Å². The number of hydrogen-bond donors (Lipinski definition) is 1. The molecule has 0 aliphatic rings. The van der Waals surface area contributed by atoms with Crippen molar-refractivity contribution in [1.29, 1.82) is 0 Å². The Morgan fingerprint density at radius 3 is 2.62 bits per heavy atom. The maximum atomic E-state index is 12.6. The number of aromatic nitrogens is 2. The van der Waals surface area contributed by atoms with Gasteiger partial charge in [-0.2, -0.15) is 0 Å². The Morgan fingerprint density at radius 1 is 1.14 bits per heavy atom. The topological polar surface area (TPSA) is 64.1 Å². The van der Waals surface area contributed by atoms with Crippen molar-refractivity contribution in [3.63, 3.8) is 0 Å². The molecule has 0 radical (unpaired) electrons. The van der Waals surface area contributed by atoms with Crippen LogP contribution in [-0.4, -0.2) is 22.2 Å². The number of amides is 1. The fraction of sp³-hybridized carbons (Fsp3) is 0.318. The van der Waals surface area contributed by atoms with Crippen molar-refractivity contribution < 1.29 is 9.53 Å². The highest BCUT2D eigenvalue weighted by molar-refractivity contribution is 8.00. The number of hydrogen-bond acceptors (Lipinski definition) is 6. The Bertz CT molecular complexity index is 958. The molecule has 1 N–H and O–H groups in total. The Morgan fingerprint density at radius 2 is 1.90 bits per heavy atom. The van der Waals surface area contributed by atoms with Crippen LogP contribution in [0.4, 0.5) is 5.13 Å². The lowest BCUT2D eigenvalue weighted by molar-refractivity contribution is -0.122. The molecular weight excluding hydrogens is 402 g/mol. The predicted octanol–water partition coefficient (Wildman–Crippen LogP) is 5.67. The van der Waals surface area contributed by atoms with Crippen LogP contribution in [-0.2, 0) is 10.5 Å². The molecule has 5 nitrogen and oxygen atoms in total. The van der Waals surface area contributed by atoms with Gasteiger partial charge in [0.15, 0.2) is 10.4 Å². The highest BCUT2D eigenvalue weighted by Crippen LogP contribution is 2.30. The second-order valence-corrected chi connectivity index (χ2v) is 9.29. The SMILES string of the molecule is Cc1ccc(C(C)C)c(O[C@H](C)C(=O)Nc2nnc(SCc3ccccc3)s2)c1.